The van der Waals surface area contributed by atoms with Gasteiger partial charge in [0, 0.05) is 18.5 Å². The molecule has 0 aliphatic carbocycles. The fourth-order valence-electron chi connectivity index (χ4n) is 3.39. The molecule has 0 bridgehead atoms. The second-order valence-electron chi connectivity index (χ2n) is 5.50. The lowest BCUT2D eigenvalue weighted by atomic mass is 9.92. The average molecular weight is 240 g/mol. The molecular weight excluding hydrogens is 216 g/mol. The summed E-state index contributed by atoms with van der Waals surface area (Å²) in [4.78, 5) is 13.3. The number of rotatable bonds is 4. The number of likely N-dealkylation sites (tertiary alicyclic amines) is 1. The fraction of sp³-hybridized carbons (Fsp3) is 0.923. The highest BCUT2D eigenvalue weighted by atomic mass is 16.4. The molecule has 2 heterocycles. The van der Waals surface area contributed by atoms with Crippen LogP contribution in [0.25, 0.3) is 0 Å². The molecule has 0 radical (unpaired) electrons. The molecule has 2 fully saturated rings. The van der Waals surface area contributed by atoms with E-state index in [4.69, 9.17) is 5.11 Å². The number of nitrogens with zero attached hydrogens (tertiary/aromatic N) is 1. The Morgan fingerprint density at radius 3 is 3.00 bits per heavy atom. The summed E-state index contributed by atoms with van der Waals surface area (Å²) in [5.41, 5.74) is 0. The molecule has 2 saturated heterocycles. The smallest absolute Gasteiger partial charge is 0.303 e. The molecule has 3 atom stereocenters. The molecule has 2 N–H and O–H groups in total. The third-order valence-corrected chi connectivity index (χ3v) is 4.28. The quantitative estimate of drug-likeness (QED) is 0.778. The number of nitrogens with one attached hydrogen (secondary N) is 1. The van der Waals surface area contributed by atoms with Crippen molar-refractivity contribution in [2.75, 3.05) is 19.6 Å². The maximum absolute atomic E-state index is 10.7. The summed E-state index contributed by atoms with van der Waals surface area (Å²) in [6, 6.07) is 1.18. The van der Waals surface area contributed by atoms with Crippen molar-refractivity contribution in [3.63, 3.8) is 0 Å². The average Bonchev–Trinajstić information content (AvgIpc) is 2.75. The van der Waals surface area contributed by atoms with E-state index in [1.54, 1.807) is 0 Å². The third-order valence-electron chi connectivity index (χ3n) is 4.28. The van der Waals surface area contributed by atoms with Gasteiger partial charge in [-0.15, -0.1) is 0 Å². The number of carboxylic acids is 1. The summed E-state index contributed by atoms with van der Waals surface area (Å²) in [7, 11) is 0. The van der Waals surface area contributed by atoms with Crippen LogP contribution in [0.1, 0.15) is 39.0 Å². The Morgan fingerprint density at radius 2 is 2.29 bits per heavy atom. The van der Waals surface area contributed by atoms with Gasteiger partial charge >= 0.3 is 5.97 Å². The fourth-order valence-corrected chi connectivity index (χ4v) is 3.39. The van der Waals surface area contributed by atoms with Crippen LogP contribution in [0, 0.1) is 5.92 Å². The molecule has 0 aromatic carbocycles. The lowest BCUT2D eigenvalue weighted by molar-refractivity contribution is -0.137. The number of aliphatic carboxylic acids is 1. The minimum atomic E-state index is -0.657. The van der Waals surface area contributed by atoms with Gasteiger partial charge in [0.15, 0.2) is 0 Å². The predicted molar refractivity (Wildman–Crippen MR) is 67.0 cm³/mol. The van der Waals surface area contributed by atoms with Crippen molar-refractivity contribution in [3.05, 3.63) is 0 Å². The number of hydrogen-bond donors (Lipinski definition) is 2. The normalized spacial score (nSPS) is 35.0. The van der Waals surface area contributed by atoms with Crippen LogP contribution in [0.3, 0.4) is 0 Å². The van der Waals surface area contributed by atoms with Crippen molar-refractivity contribution >= 4 is 5.97 Å². The van der Waals surface area contributed by atoms with Crippen LogP contribution in [-0.4, -0.2) is 47.7 Å². The van der Waals surface area contributed by atoms with Crippen molar-refractivity contribution in [2.24, 2.45) is 5.92 Å². The van der Waals surface area contributed by atoms with Gasteiger partial charge in [0.25, 0.3) is 0 Å². The molecule has 2 unspecified atom stereocenters. The summed E-state index contributed by atoms with van der Waals surface area (Å²) < 4.78 is 0. The minimum Gasteiger partial charge on any atom is -0.481 e. The predicted octanol–water partition coefficient (Wildman–Crippen LogP) is 1.31. The number of hydrogen-bond acceptors (Lipinski definition) is 3. The molecule has 4 nitrogen and oxygen atoms in total. The van der Waals surface area contributed by atoms with E-state index >= 15 is 0 Å². The minimum absolute atomic E-state index is 0.320. The van der Waals surface area contributed by atoms with Gasteiger partial charge in [0.2, 0.25) is 0 Å². The molecule has 0 aromatic heterocycles. The van der Waals surface area contributed by atoms with Crippen molar-refractivity contribution in [1.82, 2.24) is 10.2 Å². The summed E-state index contributed by atoms with van der Waals surface area (Å²) in [6.07, 6.45) is 4.78. The molecule has 4 heteroatoms. The zero-order chi connectivity index (χ0) is 12.3. The molecule has 17 heavy (non-hydrogen) atoms. The van der Waals surface area contributed by atoms with Crippen LogP contribution in [0.15, 0.2) is 0 Å². The number of carbonyl (C=O) groups is 1. The standard InChI is InChI=1S/C13H24N2O2/c1-10-9-14-7-6-12(10)15-8-2-3-11(15)4-5-13(16)17/h10-12,14H,2-9H2,1H3,(H,16,17)/t10?,11-,12?/m0/s1. The molecule has 2 rings (SSSR count). The van der Waals surface area contributed by atoms with Gasteiger partial charge in [0.1, 0.15) is 0 Å². The van der Waals surface area contributed by atoms with E-state index in [2.05, 4.69) is 17.1 Å². The third kappa shape index (κ3) is 3.19. The van der Waals surface area contributed by atoms with Gasteiger partial charge < -0.3 is 10.4 Å². The van der Waals surface area contributed by atoms with Crippen LogP contribution >= 0.6 is 0 Å². The van der Waals surface area contributed by atoms with E-state index in [0.717, 1.165) is 19.5 Å². The summed E-state index contributed by atoms with van der Waals surface area (Å²) in [6.45, 7) is 5.69. The maximum Gasteiger partial charge on any atom is 0.303 e. The van der Waals surface area contributed by atoms with Gasteiger partial charge in [-0.2, -0.15) is 0 Å². The van der Waals surface area contributed by atoms with E-state index in [9.17, 15) is 4.79 Å². The molecule has 2 aliphatic heterocycles. The monoisotopic (exact) mass is 240 g/mol. The molecule has 0 spiro atoms. The topological polar surface area (TPSA) is 52.6 Å². The lowest BCUT2D eigenvalue weighted by Crippen LogP contribution is -2.50. The maximum atomic E-state index is 10.7. The Labute approximate surface area is 103 Å². The molecule has 0 aromatic rings. The highest BCUT2D eigenvalue weighted by molar-refractivity contribution is 5.66. The Balaban J connectivity index is 1.91. The Hall–Kier alpha value is -0.610. The number of piperidine rings is 1. The van der Waals surface area contributed by atoms with Gasteiger partial charge in [0.05, 0.1) is 0 Å². The lowest BCUT2D eigenvalue weighted by Gasteiger charge is -2.40. The zero-order valence-corrected chi connectivity index (χ0v) is 10.7. The van der Waals surface area contributed by atoms with E-state index in [1.807, 2.05) is 0 Å². The van der Waals surface area contributed by atoms with Gasteiger partial charge in [-0.3, -0.25) is 9.69 Å². The molecule has 98 valence electrons. The van der Waals surface area contributed by atoms with Crippen molar-refractivity contribution in [1.29, 1.82) is 0 Å². The Kier molecular flexibility index (Phi) is 4.40. The summed E-state index contributed by atoms with van der Waals surface area (Å²) >= 11 is 0. The Bertz CT molecular complexity index is 270. The first kappa shape index (κ1) is 12.8. The first-order chi connectivity index (χ1) is 8.18. The van der Waals surface area contributed by atoms with Crippen LogP contribution in [0.5, 0.6) is 0 Å². The Morgan fingerprint density at radius 1 is 1.47 bits per heavy atom. The van der Waals surface area contributed by atoms with Crippen molar-refractivity contribution in [2.45, 2.75) is 51.1 Å². The van der Waals surface area contributed by atoms with E-state index in [-0.39, 0.29) is 0 Å². The highest BCUT2D eigenvalue weighted by Gasteiger charge is 2.34. The molecule has 2 aliphatic rings. The molecule has 0 saturated carbocycles. The second-order valence-corrected chi connectivity index (χ2v) is 5.50. The number of carboxylic acid groups (broad SMARTS) is 1. The van der Waals surface area contributed by atoms with E-state index in [1.165, 1.54) is 25.8 Å². The summed E-state index contributed by atoms with van der Waals surface area (Å²) in [5.74, 6) is 0.0318. The zero-order valence-electron chi connectivity index (χ0n) is 10.7. The van der Waals surface area contributed by atoms with Gasteiger partial charge in [-0.1, -0.05) is 6.92 Å². The first-order valence-corrected chi connectivity index (χ1v) is 6.86. The van der Waals surface area contributed by atoms with Crippen molar-refractivity contribution in [3.8, 4) is 0 Å². The summed E-state index contributed by atoms with van der Waals surface area (Å²) in [5, 5.41) is 12.2. The van der Waals surface area contributed by atoms with E-state index < -0.39 is 5.97 Å². The van der Waals surface area contributed by atoms with Crippen LogP contribution in [0.4, 0.5) is 0 Å². The van der Waals surface area contributed by atoms with E-state index in [0.29, 0.717) is 24.4 Å². The highest BCUT2D eigenvalue weighted by Crippen LogP contribution is 2.29. The molecular formula is C13H24N2O2. The first-order valence-electron chi connectivity index (χ1n) is 6.86. The SMILES string of the molecule is CC1CNCCC1N1CCC[C@H]1CCC(=O)O. The van der Waals surface area contributed by atoms with Gasteiger partial charge in [-0.05, 0) is 51.2 Å². The van der Waals surface area contributed by atoms with Gasteiger partial charge in [-0.25, -0.2) is 0 Å². The van der Waals surface area contributed by atoms with Crippen LogP contribution in [-0.2, 0) is 4.79 Å². The molecule has 0 amide bonds. The van der Waals surface area contributed by atoms with Crippen LogP contribution in [0.2, 0.25) is 0 Å². The second kappa shape index (κ2) is 5.83. The largest absolute Gasteiger partial charge is 0.481 e. The van der Waals surface area contributed by atoms with Crippen molar-refractivity contribution < 1.29 is 9.90 Å². The van der Waals surface area contributed by atoms with Crippen LogP contribution < -0.4 is 5.32 Å².